The summed E-state index contributed by atoms with van der Waals surface area (Å²) in [5, 5.41) is 3.22. The molecule has 0 amide bonds. The van der Waals surface area contributed by atoms with Crippen molar-refractivity contribution in [2.24, 2.45) is 0 Å². The van der Waals surface area contributed by atoms with Crippen molar-refractivity contribution in [3.05, 3.63) is 18.2 Å². The van der Waals surface area contributed by atoms with Gasteiger partial charge in [-0.15, -0.1) is 0 Å². The molecule has 6 heteroatoms. The highest BCUT2D eigenvalue weighted by Crippen LogP contribution is 2.34. The Morgan fingerprint density at radius 3 is 2.80 bits per heavy atom. The molecule has 1 aromatic carbocycles. The number of fused-ring (bicyclic) bond motifs is 1. The maximum Gasteiger partial charge on any atom is 0.240 e. The van der Waals surface area contributed by atoms with Gasteiger partial charge in [0.1, 0.15) is 11.4 Å². The Hall–Kier alpha value is -1.27. The molecular formula is C14H22N2O3S. The van der Waals surface area contributed by atoms with Crippen LogP contribution in [0.1, 0.15) is 34.1 Å². The molecule has 1 unspecified atom stereocenters. The van der Waals surface area contributed by atoms with Crippen LogP contribution in [-0.4, -0.2) is 26.6 Å². The summed E-state index contributed by atoms with van der Waals surface area (Å²) < 4.78 is 32.9. The molecule has 0 radical (unpaired) electrons. The van der Waals surface area contributed by atoms with Crippen LogP contribution >= 0.6 is 0 Å². The number of nitrogens with one attached hydrogen (secondary N) is 2. The van der Waals surface area contributed by atoms with Gasteiger partial charge in [0.25, 0.3) is 0 Å². The van der Waals surface area contributed by atoms with Crippen molar-refractivity contribution in [1.29, 1.82) is 0 Å². The Kier molecular flexibility index (Phi) is 3.97. The number of sulfonamides is 1. The molecule has 1 aromatic rings. The second kappa shape index (κ2) is 5.26. The Morgan fingerprint density at radius 2 is 2.15 bits per heavy atom. The first-order chi connectivity index (χ1) is 9.23. The molecule has 1 atom stereocenters. The zero-order chi connectivity index (χ0) is 15.0. The molecule has 0 saturated heterocycles. The fourth-order valence-corrected chi connectivity index (χ4v) is 3.31. The first kappa shape index (κ1) is 15.1. The van der Waals surface area contributed by atoms with Gasteiger partial charge in [-0.05, 0) is 45.4 Å². The highest BCUT2D eigenvalue weighted by molar-refractivity contribution is 7.89. The lowest BCUT2D eigenvalue weighted by molar-refractivity contribution is 0.116. The standard InChI is InChI=1S/C14H22N2O3S/c1-5-10(2)16-20(17,18)11-6-7-13-12(8-11)15-9-14(3,4)19-13/h6-8,10,15-16H,5,9H2,1-4H3. The van der Waals surface area contributed by atoms with Crippen molar-refractivity contribution in [2.45, 2.75) is 50.7 Å². The summed E-state index contributed by atoms with van der Waals surface area (Å²) in [5.41, 5.74) is 0.430. The van der Waals surface area contributed by atoms with Gasteiger partial charge in [-0.25, -0.2) is 13.1 Å². The van der Waals surface area contributed by atoms with Crippen molar-refractivity contribution in [2.75, 3.05) is 11.9 Å². The van der Waals surface area contributed by atoms with E-state index in [-0.39, 0.29) is 16.5 Å². The fourth-order valence-electron chi connectivity index (χ4n) is 1.96. The van der Waals surface area contributed by atoms with E-state index in [0.717, 1.165) is 12.1 Å². The lowest BCUT2D eigenvalue weighted by Gasteiger charge is -2.33. The molecule has 1 heterocycles. The van der Waals surface area contributed by atoms with Crippen LogP contribution in [0.2, 0.25) is 0 Å². The van der Waals surface area contributed by atoms with Gasteiger partial charge in [-0.1, -0.05) is 6.92 Å². The van der Waals surface area contributed by atoms with Gasteiger partial charge >= 0.3 is 0 Å². The van der Waals surface area contributed by atoms with Gasteiger partial charge in [0.15, 0.2) is 0 Å². The number of hydrogen-bond donors (Lipinski definition) is 2. The Morgan fingerprint density at radius 1 is 1.45 bits per heavy atom. The molecule has 2 N–H and O–H groups in total. The molecule has 1 aliphatic rings. The topological polar surface area (TPSA) is 67.4 Å². The molecule has 0 aromatic heterocycles. The van der Waals surface area contributed by atoms with Crippen LogP contribution in [0, 0.1) is 0 Å². The van der Waals surface area contributed by atoms with E-state index in [1.165, 1.54) is 0 Å². The van der Waals surface area contributed by atoms with E-state index in [1.54, 1.807) is 18.2 Å². The lowest BCUT2D eigenvalue weighted by Crippen LogP contribution is -2.40. The van der Waals surface area contributed by atoms with Gasteiger partial charge in [0.2, 0.25) is 10.0 Å². The molecule has 1 aliphatic heterocycles. The summed E-state index contributed by atoms with van der Waals surface area (Å²) in [4.78, 5) is 0.257. The lowest BCUT2D eigenvalue weighted by atomic mass is 10.1. The molecule has 20 heavy (non-hydrogen) atoms. The van der Waals surface area contributed by atoms with Crippen molar-refractivity contribution in [1.82, 2.24) is 4.72 Å². The largest absolute Gasteiger partial charge is 0.484 e. The minimum atomic E-state index is -3.48. The molecule has 112 valence electrons. The van der Waals surface area contributed by atoms with E-state index in [4.69, 9.17) is 4.74 Å². The van der Waals surface area contributed by atoms with Gasteiger partial charge in [0, 0.05) is 6.04 Å². The number of rotatable bonds is 4. The molecule has 0 aliphatic carbocycles. The van der Waals surface area contributed by atoms with E-state index in [0.29, 0.717) is 12.3 Å². The molecule has 0 bridgehead atoms. The summed E-state index contributed by atoms with van der Waals surface area (Å²) in [6.45, 7) is 8.40. The smallest absolute Gasteiger partial charge is 0.240 e. The highest BCUT2D eigenvalue weighted by Gasteiger charge is 2.27. The molecule has 0 saturated carbocycles. The average Bonchev–Trinajstić information content (AvgIpc) is 2.36. The third-order valence-corrected chi connectivity index (χ3v) is 4.91. The molecule has 2 rings (SSSR count). The predicted octanol–water partition coefficient (Wildman–Crippen LogP) is 2.35. The van der Waals surface area contributed by atoms with Gasteiger partial charge in [-0.2, -0.15) is 0 Å². The molecule has 0 fully saturated rings. The summed E-state index contributed by atoms with van der Waals surface area (Å²) >= 11 is 0. The summed E-state index contributed by atoms with van der Waals surface area (Å²) in [5.74, 6) is 0.684. The van der Waals surface area contributed by atoms with Crippen molar-refractivity contribution in [3.8, 4) is 5.75 Å². The molecule has 0 spiro atoms. The number of benzene rings is 1. The second-order valence-corrected chi connectivity index (χ2v) is 7.52. The second-order valence-electron chi connectivity index (χ2n) is 5.80. The normalized spacial score (nSPS) is 18.6. The third-order valence-electron chi connectivity index (χ3n) is 3.32. The Bertz CT molecular complexity index is 596. The Labute approximate surface area is 120 Å². The maximum absolute atomic E-state index is 12.2. The number of ether oxygens (including phenoxy) is 1. The number of anilines is 1. The van der Waals surface area contributed by atoms with E-state index >= 15 is 0 Å². The monoisotopic (exact) mass is 298 g/mol. The van der Waals surface area contributed by atoms with Gasteiger partial charge in [-0.3, -0.25) is 0 Å². The minimum absolute atomic E-state index is 0.0841. The quantitative estimate of drug-likeness (QED) is 0.895. The van der Waals surface area contributed by atoms with Crippen LogP contribution < -0.4 is 14.8 Å². The van der Waals surface area contributed by atoms with Crippen LogP contribution in [0.3, 0.4) is 0 Å². The minimum Gasteiger partial charge on any atom is -0.484 e. The van der Waals surface area contributed by atoms with Crippen molar-refractivity contribution in [3.63, 3.8) is 0 Å². The number of hydrogen-bond acceptors (Lipinski definition) is 4. The van der Waals surface area contributed by atoms with Crippen LogP contribution in [0.25, 0.3) is 0 Å². The van der Waals surface area contributed by atoms with E-state index in [9.17, 15) is 8.42 Å². The SMILES string of the molecule is CCC(C)NS(=O)(=O)c1ccc2c(c1)NCC(C)(C)O2. The predicted molar refractivity (Wildman–Crippen MR) is 79.7 cm³/mol. The van der Waals surface area contributed by atoms with Crippen molar-refractivity contribution < 1.29 is 13.2 Å². The molecular weight excluding hydrogens is 276 g/mol. The van der Waals surface area contributed by atoms with Gasteiger partial charge < -0.3 is 10.1 Å². The Balaban J connectivity index is 2.28. The van der Waals surface area contributed by atoms with E-state index in [2.05, 4.69) is 10.0 Å². The van der Waals surface area contributed by atoms with Crippen LogP contribution in [0.5, 0.6) is 5.75 Å². The first-order valence-corrected chi connectivity index (χ1v) is 8.31. The zero-order valence-corrected chi connectivity index (χ0v) is 13.2. The van der Waals surface area contributed by atoms with E-state index in [1.807, 2.05) is 27.7 Å². The van der Waals surface area contributed by atoms with Crippen LogP contribution in [0.4, 0.5) is 5.69 Å². The summed E-state index contributed by atoms with van der Waals surface area (Å²) in [7, 11) is -3.48. The average molecular weight is 298 g/mol. The maximum atomic E-state index is 12.2. The van der Waals surface area contributed by atoms with Crippen LogP contribution in [0.15, 0.2) is 23.1 Å². The summed E-state index contributed by atoms with van der Waals surface area (Å²) in [6.07, 6.45) is 0.750. The fraction of sp³-hybridized carbons (Fsp3) is 0.571. The van der Waals surface area contributed by atoms with Crippen molar-refractivity contribution >= 4 is 15.7 Å². The van der Waals surface area contributed by atoms with E-state index < -0.39 is 10.0 Å². The first-order valence-electron chi connectivity index (χ1n) is 6.83. The third kappa shape index (κ3) is 3.24. The van der Waals surface area contributed by atoms with Crippen LogP contribution in [-0.2, 0) is 10.0 Å². The van der Waals surface area contributed by atoms with Gasteiger partial charge in [0.05, 0.1) is 17.1 Å². The zero-order valence-electron chi connectivity index (χ0n) is 12.4. The molecule has 5 nitrogen and oxygen atoms in total. The highest BCUT2D eigenvalue weighted by atomic mass is 32.2. The summed E-state index contributed by atoms with van der Waals surface area (Å²) in [6, 6.07) is 4.82.